The molecule has 7 nitrogen and oxygen atoms in total. The van der Waals surface area contributed by atoms with Gasteiger partial charge in [-0.25, -0.2) is 9.78 Å². The lowest BCUT2D eigenvalue weighted by Crippen LogP contribution is -2.08. The van der Waals surface area contributed by atoms with Gasteiger partial charge < -0.3 is 5.32 Å². The van der Waals surface area contributed by atoms with Gasteiger partial charge in [0.05, 0.1) is 17.9 Å². The first-order chi connectivity index (χ1) is 15.9. The fraction of sp³-hybridized carbons (Fsp3) is 0.120. The van der Waals surface area contributed by atoms with Crippen LogP contribution in [-0.4, -0.2) is 25.9 Å². The van der Waals surface area contributed by atoms with Crippen LogP contribution >= 0.6 is 11.6 Å². The van der Waals surface area contributed by atoms with Gasteiger partial charge in [0.1, 0.15) is 5.15 Å². The lowest BCUT2D eigenvalue weighted by Gasteiger charge is -2.05. The number of carbonyl (C=O) groups excluding carboxylic acids is 1. The second-order valence-electron chi connectivity index (χ2n) is 7.64. The summed E-state index contributed by atoms with van der Waals surface area (Å²) in [5, 5.41) is 14.2. The van der Waals surface area contributed by atoms with E-state index in [-0.39, 0.29) is 11.5 Å². The zero-order chi connectivity index (χ0) is 23.4. The molecule has 2 heterocycles. The molecule has 166 valence electrons. The molecule has 0 saturated heterocycles. The van der Waals surface area contributed by atoms with Crippen molar-refractivity contribution in [1.29, 1.82) is 0 Å². The van der Waals surface area contributed by atoms with Crippen LogP contribution in [0.2, 0.25) is 5.15 Å². The van der Waals surface area contributed by atoms with Gasteiger partial charge in [-0.05, 0) is 43.7 Å². The van der Waals surface area contributed by atoms with E-state index in [4.69, 9.17) is 11.6 Å². The number of anilines is 1. The van der Waals surface area contributed by atoms with E-state index in [2.05, 4.69) is 20.6 Å². The minimum absolute atomic E-state index is 0.274. The summed E-state index contributed by atoms with van der Waals surface area (Å²) in [6.07, 6.45) is 3.09. The highest BCUT2D eigenvalue weighted by Crippen LogP contribution is 2.23. The summed E-state index contributed by atoms with van der Waals surface area (Å²) in [7, 11) is 0. The maximum atomic E-state index is 12.5. The number of hydrogen-bond acceptors (Lipinski definition) is 4. The van der Waals surface area contributed by atoms with E-state index in [0.29, 0.717) is 28.6 Å². The molecule has 0 atom stereocenters. The number of hydrogen-bond donors (Lipinski definition) is 2. The number of aromatic nitrogens is 4. The van der Waals surface area contributed by atoms with Crippen molar-refractivity contribution in [3.63, 3.8) is 0 Å². The summed E-state index contributed by atoms with van der Waals surface area (Å²) < 4.78 is 1.72. The van der Waals surface area contributed by atoms with Gasteiger partial charge in [0.25, 0.3) is 5.56 Å². The number of aromatic amines is 1. The third-order valence-electron chi connectivity index (χ3n) is 5.07. The molecule has 0 fully saturated rings. The van der Waals surface area contributed by atoms with Gasteiger partial charge in [0, 0.05) is 29.0 Å². The molecule has 0 bridgehead atoms. The Hall–Kier alpha value is -3.97. The van der Waals surface area contributed by atoms with E-state index < -0.39 is 0 Å². The van der Waals surface area contributed by atoms with Gasteiger partial charge in [-0.1, -0.05) is 53.6 Å². The van der Waals surface area contributed by atoms with Crippen LogP contribution in [0.1, 0.15) is 22.4 Å². The molecule has 2 N–H and O–H groups in total. The topological polar surface area (TPSA) is 92.7 Å². The first kappa shape index (κ1) is 22.2. The Morgan fingerprint density at radius 1 is 1.12 bits per heavy atom. The Morgan fingerprint density at radius 2 is 1.91 bits per heavy atom. The van der Waals surface area contributed by atoms with Crippen molar-refractivity contribution in [2.24, 2.45) is 0 Å². The van der Waals surface area contributed by atoms with E-state index in [0.717, 1.165) is 16.8 Å². The zero-order valence-electron chi connectivity index (χ0n) is 18.2. The zero-order valence-corrected chi connectivity index (χ0v) is 18.9. The van der Waals surface area contributed by atoms with E-state index in [1.165, 1.54) is 17.7 Å². The number of halogens is 1. The Balaban J connectivity index is 1.46. The maximum Gasteiger partial charge on any atom is 0.264 e. The van der Waals surface area contributed by atoms with E-state index in [1.807, 2.05) is 44.2 Å². The highest BCUT2D eigenvalue weighted by molar-refractivity contribution is 6.31. The van der Waals surface area contributed by atoms with Crippen LogP contribution in [0.15, 0.2) is 71.5 Å². The molecule has 4 aromatic rings. The van der Waals surface area contributed by atoms with Crippen molar-refractivity contribution < 1.29 is 4.79 Å². The third kappa shape index (κ3) is 5.45. The Labute approximate surface area is 195 Å². The molecule has 33 heavy (non-hydrogen) atoms. The number of carbonyl (C=O) groups is 1. The summed E-state index contributed by atoms with van der Waals surface area (Å²) in [5.74, 6) is -0.302. The molecular formula is C25H22ClN5O2. The monoisotopic (exact) mass is 459 g/mol. The van der Waals surface area contributed by atoms with Gasteiger partial charge in [-0.3, -0.25) is 9.59 Å². The second kappa shape index (κ2) is 9.67. The highest BCUT2D eigenvalue weighted by atomic mass is 35.5. The number of rotatable bonds is 6. The molecule has 1 amide bonds. The summed E-state index contributed by atoms with van der Waals surface area (Å²) >= 11 is 6.54. The SMILES string of the molecule is Cc1ccc(Cn2nc(C)c(/C=C/C(=O)Nc3cccc(-c4ccc(=O)[nH]n4)c3)c2Cl)cc1. The van der Waals surface area contributed by atoms with Crippen LogP contribution < -0.4 is 10.9 Å². The summed E-state index contributed by atoms with van der Waals surface area (Å²) in [4.78, 5) is 23.7. The molecule has 4 rings (SSSR count). The number of benzene rings is 2. The molecule has 0 aliphatic carbocycles. The molecule has 8 heteroatoms. The number of amides is 1. The lowest BCUT2D eigenvalue weighted by atomic mass is 10.1. The fourth-order valence-electron chi connectivity index (χ4n) is 3.33. The van der Waals surface area contributed by atoms with Crippen molar-refractivity contribution in [1.82, 2.24) is 20.0 Å². The molecule has 0 radical (unpaired) electrons. The predicted octanol–water partition coefficient (Wildman–Crippen LogP) is 4.60. The quantitative estimate of drug-likeness (QED) is 0.412. The molecule has 0 aliphatic rings. The normalized spacial score (nSPS) is 11.1. The van der Waals surface area contributed by atoms with Crippen LogP contribution in [-0.2, 0) is 11.3 Å². The first-order valence-corrected chi connectivity index (χ1v) is 10.7. The van der Waals surface area contributed by atoms with Gasteiger partial charge in [0.2, 0.25) is 5.91 Å². The molecule has 0 saturated carbocycles. The first-order valence-electron chi connectivity index (χ1n) is 10.3. The summed E-state index contributed by atoms with van der Waals surface area (Å²) in [6.45, 7) is 4.45. The van der Waals surface area contributed by atoms with Crippen LogP contribution in [0, 0.1) is 13.8 Å². The van der Waals surface area contributed by atoms with Gasteiger partial charge in [-0.15, -0.1) is 0 Å². The Kier molecular flexibility index (Phi) is 6.51. The highest BCUT2D eigenvalue weighted by Gasteiger charge is 2.12. The smallest absolute Gasteiger partial charge is 0.264 e. The molecule has 2 aromatic heterocycles. The Morgan fingerprint density at radius 3 is 2.64 bits per heavy atom. The predicted molar refractivity (Wildman–Crippen MR) is 130 cm³/mol. The molecule has 0 unspecified atom stereocenters. The number of aryl methyl sites for hydroxylation is 2. The molecular weight excluding hydrogens is 438 g/mol. The third-order valence-corrected chi connectivity index (χ3v) is 5.47. The average Bonchev–Trinajstić information content (AvgIpc) is 3.07. The number of nitrogens with one attached hydrogen (secondary N) is 2. The summed E-state index contributed by atoms with van der Waals surface area (Å²) in [5.41, 5.74) is 5.42. The van der Waals surface area contributed by atoms with Crippen molar-refractivity contribution >= 4 is 29.3 Å². The van der Waals surface area contributed by atoms with Crippen molar-refractivity contribution in [3.05, 3.63) is 105 Å². The molecule has 0 spiro atoms. The second-order valence-corrected chi connectivity index (χ2v) is 8.00. The van der Waals surface area contributed by atoms with Crippen LogP contribution in [0.4, 0.5) is 5.69 Å². The van der Waals surface area contributed by atoms with Gasteiger partial charge >= 0.3 is 0 Å². The minimum atomic E-state index is -0.302. The Bertz CT molecular complexity index is 1370. The number of nitrogens with zero attached hydrogens (tertiary/aromatic N) is 3. The van der Waals surface area contributed by atoms with Crippen LogP contribution in [0.3, 0.4) is 0 Å². The summed E-state index contributed by atoms with van der Waals surface area (Å²) in [6, 6.07) is 18.4. The van der Waals surface area contributed by atoms with Gasteiger partial charge in [-0.2, -0.15) is 10.2 Å². The van der Waals surface area contributed by atoms with Crippen molar-refractivity contribution in [2.75, 3.05) is 5.32 Å². The van der Waals surface area contributed by atoms with Crippen LogP contribution in [0.25, 0.3) is 17.3 Å². The minimum Gasteiger partial charge on any atom is -0.322 e. The standard InChI is InChI=1S/C25H22ClN5O2/c1-16-6-8-18(9-7-16)15-31-25(26)21(17(2)30-31)10-12-23(32)27-20-5-3-4-19(14-20)22-11-13-24(33)29-28-22/h3-14H,15H2,1-2H3,(H,27,32)(H,29,33)/b12-10+. The average molecular weight is 460 g/mol. The van der Waals surface area contributed by atoms with Crippen molar-refractivity contribution in [3.8, 4) is 11.3 Å². The van der Waals surface area contributed by atoms with E-state index in [1.54, 1.807) is 35.0 Å². The lowest BCUT2D eigenvalue weighted by molar-refractivity contribution is -0.111. The number of H-pyrrole nitrogens is 1. The fourth-order valence-corrected chi connectivity index (χ4v) is 3.63. The van der Waals surface area contributed by atoms with E-state index >= 15 is 0 Å². The van der Waals surface area contributed by atoms with E-state index in [9.17, 15) is 9.59 Å². The van der Waals surface area contributed by atoms with Crippen molar-refractivity contribution in [2.45, 2.75) is 20.4 Å². The molecule has 2 aromatic carbocycles. The largest absolute Gasteiger partial charge is 0.322 e. The van der Waals surface area contributed by atoms with Crippen LogP contribution in [0.5, 0.6) is 0 Å². The maximum absolute atomic E-state index is 12.5. The molecule has 0 aliphatic heterocycles. The van der Waals surface area contributed by atoms with Gasteiger partial charge in [0.15, 0.2) is 0 Å².